The van der Waals surface area contributed by atoms with Crippen LogP contribution in [0.15, 0.2) is 48.5 Å². The molecule has 1 aliphatic rings. The molecule has 6 heteroatoms. The van der Waals surface area contributed by atoms with Crippen LogP contribution >= 0.6 is 0 Å². The Morgan fingerprint density at radius 2 is 1.64 bits per heavy atom. The monoisotopic (exact) mass is 382 g/mol. The van der Waals surface area contributed by atoms with Crippen LogP contribution in [0.4, 0.5) is 11.4 Å². The first-order valence-corrected chi connectivity index (χ1v) is 9.58. The largest absolute Gasteiger partial charge is 0.492 e. The summed E-state index contributed by atoms with van der Waals surface area (Å²) in [6.07, 6.45) is 0.641. The normalized spacial score (nSPS) is 17.7. The topological polar surface area (TPSA) is 76.7 Å². The van der Waals surface area contributed by atoms with Gasteiger partial charge in [-0.2, -0.15) is 0 Å². The first-order chi connectivity index (χ1) is 13.5. The van der Waals surface area contributed by atoms with E-state index in [-0.39, 0.29) is 29.8 Å². The number of amides is 2. The maximum Gasteiger partial charge on any atom is 0.228 e. The SMILES string of the molecule is CCOc1ccccc1NC(=O)C1CC1C(=O)Nc1ccc(OC(C)C)cc1. The van der Waals surface area contributed by atoms with Gasteiger partial charge in [-0.05, 0) is 63.6 Å². The van der Waals surface area contributed by atoms with Gasteiger partial charge in [0.15, 0.2) is 0 Å². The van der Waals surface area contributed by atoms with Gasteiger partial charge in [-0.3, -0.25) is 9.59 Å². The Labute approximate surface area is 165 Å². The Hall–Kier alpha value is -3.02. The first-order valence-electron chi connectivity index (χ1n) is 9.58. The molecule has 2 atom stereocenters. The van der Waals surface area contributed by atoms with Gasteiger partial charge < -0.3 is 20.1 Å². The highest BCUT2D eigenvalue weighted by Crippen LogP contribution is 2.41. The van der Waals surface area contributed by atoms with Gasteiger partial charge in [-0.1, -0.05) is 12.1 Å². The number of carbonyl (C=O) groups excluding carboxylic acids is 2. The lowest BCUT2D eigenvalue weighted by Gasteiger charge is -2.11. The van der Waals surface area contributed by atoms with Crippen LogP contribution in [-0.4, -0.2) is 24.5 Å². The van der Waals surface area contributed by atoms with Crippen molar-refractivity contribution in [1.82, 2.24) is 0 Å². The zero-order valence-corrected chi connectivity index (χ0v) is 16.4. The van der Waals surface area contributed by atoms with Crippen LogP contribution in [0.2, 0.25) is 0 Å². The molecular weight excluding hydrogens is 356 g/mol. The molecule has 6 nitrogen and oxygen atoms in total. The van der Waals surface area contributed by atoms with Crippen LogP contribution in [0.1, 0.15) is 27.2 Å². The highest BCUT2D eigenvalue weighted by atomic mass is 16.5. The minimum atomic E-state index is -0.321. The van der Waals surface area contributed by atoms with Gasteiger partial charge in [-0.15, -0.1) is 0 Å². The number of hydrogen-bond acceptors (Lipinski definition) is 4. The van der Waals surface area contributed by atoms with Crippen molar-refractivity contribution in [2.75, 3.05) is 17.2 Å². The van der Waals surface area contributed by atoms with E-state index >= 15 is 0 Å². The van der Waals surface area contributed by atoms with Gasteiger partial charge in [0.05, 0.1) is 30.2 Å². The van der Waals surface area contributed by atoms with Crippen molar-refractivity contribution >= 4 is 23.2 Å². The summed E-state index contributed by atoms with van der Waals surface area (Å²) in [6, 6.07) is 14.5. The summed E-state index contributed by atoms with van der Waals surface area (Å²) in [5.41, 5.74) is 1.31. The molecule has 148 valence electrons. The molecule has 2 amide bonds. The number of nitrogens with one attached hydrogen (secondary N) is 2. The fraction of sp³-hybridized carbons (Fsp3) is 0.364. The van der Waals surface area contributed by atoms with Gasteiger partial charge >= 0.3 is 0 Å². The molecule has 0 radical (unpaired) electrons. The predicted octanol–water partition coefficient (Wildman–Crippen LogP) is 4.09. The van der Waals surface area contributed by atoms with E-state index in [4.69, 9.17) is 9.47 Å². The molecule has 0 aliphatic heterocycles. The Kier molecular flexibility index (Phi) is 6.19. The molecule has 0 saturated heterocycles. The predicted molar refractivity (Wildman–Crippen MR) is 109 cm³/mol. The third-order valence-electron chi connectivity index (χ3n) is 4.40. The van der Waals surface area contributed by atoms with Gasteiger partial charge in [0, 0.05) is 5.69 Å². The van der Waals surface area contributed by atoms with Crippen LogP contribution in [0, 0.1) is 11.8 Å². The fourth-order valence-electron chi connectivity index (χ4n) is 2.98. The van der Waals surface area contributed by atoms with E-state index in [0.29, 0.717) is 30.2 Å². The second kappa shape index (κ2) is 8.78. The van der Waals surface area contributed by atoms with Crippen molar-refractivity contribution in [1.29, 1.82) is 0 Å². The minimum Gasteiger partial charge on any atom is -0.492 e. The Morgan fingerprint density at radius 1 is 1.00 bits per heavy atom. The molecule has 1 fully saturated rings. The molecular formula is C22H26N2O4. The Morgan fingerprint density at radius 3 is 2.29 bits per heavy atom. The van der Waals surface area contributed by atoms with E-state index in [1.54, 1.807) is 18.2 Å². The molecule has 0 spiro atoms. The molecule has 3 rings (SSSR count). The van der Waals surface area contributed by atoms with Crippen LogP contribution in [0.3, 0.4) is 0 Å². The number of rotatable bonds is 8. The summed E-state index contributed by atoms with van der Waals surface area (Å²) >= 11 is 0. The Balaban J connectivity index is 1.53. The van der Waals surface area contributed by atoms with Crippen LogP contribution in [0.5, 0.6) is 11.5 Å². The number of carbonyl (C=O) groups is 2. The molecule has 2 N–H and O–H groups in total. The smallest absolute Gasteiger partial charge is 0.228 e. The second-order valence-corrected chi connectivity index (χ2v) is 7.05. The van der Waals surface area contributed by atoms with Gasteiger partial charge in [-0.25, -0.2) is 0 Å². The number of hydrogen-bond donors (Lipinski definition) is 2. The van der Waals surface area contributed by atoms with Crippen molar-refractivity contribution in [2.45, 2.75) is 33.3 Å². The van der Waals surface area contributed by atoms with Crippen molar-refractivity contribution in [2.24, 2.45) is 11.8 Å². The summed E-state index contributed by atoms with van der Waals surface area (Å²) in [5.74, 6) is 0.446. The third-order valence-corrected chi connectivity index (χ3v) is 4.40. The molecule has 2 aromatic rings. The molecule has 0 aromatic heterocycles. The zero-order valence-electron chi connectivity index (χ0n) is 16.4. The standard InChI is InChI=1S/C22H26N2O4/c1-4-27-20-8-6-5-7-19(20)24-22(26)18-13-17(18)21(25)23-15-9-11-16(12-10-15)28-14(2)3/h5-12,14,17-18H,4,13H2,1-3H3,(H,23,25)(H,24,26). The van der Waals surface area contributed by atoms with E-state index in [2.05, 4.69) is 10.6 Å². The number of benzene rings is 2. The molecule has 0 heterocycles. The van der Waals surface area contributed by atoms with E-state index in [9.17, 15) is 9.59 Å². The summed E-state index contributed by atoms with van der Waals surface area (Å²) in [5, 5.41) is 5.74. The van der Waals surface area contributed by atoms with E-state index in [0.717, 1.165) is 5.75 Å². The van der Waals surface area contributed by atoms with Gasteiger partial charge in [0.1, 0.15) is 11.5 Å². The third kappa shape index (κ3) is 5.03. The van der Waals surface area contributed by atoms with E-state index in [1.165, 1.54) is 0 Å². The van der Waals surface area contributed by atoms with Gasteiger partial charge in [0.25, 0.3) is 0 Å². The lowest BCUT2D eigenvalue weighted by atomic mass is 10.2. The van der Waals surface area contributed by atoms with Crippen LogP contribution in [-0.2, 0) is 9.59 Å². The maximum absolute atomic E-state index is 12.5. The van der Waals surface area contributed by atoms with Crippen molar-refractivity contribution < 1.29 is 19.1 Å². The van der Waals surface area contributed by atoms with Crippen molar-refractivity contribution in [3.63, 3.8) is 0 Å². The number of anilines is 2. The summed E-state index contributed by atoms with van der Waals surface area (Å²) in [4.78, 5) is 24.9. The molecule has 1 aliphatic carbocycles. The molecule has 2 aromatic carbocycles. The van der Waals surface area contributed by atoms with Crippen LogP contribution in [0.25, 0.3) is 0 Å². The lowest BCUT2D eigenvalue weighted by molar-refractivity contribution is -0.122. The highest BCUT2D eigenvalue weighted by molar-refractivity contribution is 6.03. The summed E-state index contributed by atoms with van der Waals surface area (Å²) in [6.45, 7) is 6.32. The fourth-order valence-corrected chi connectivity index (χ4v) is 2.98. The molecule has 2 unspecified atom stereocenters. The summed E-state index contributed by atoms with van der Waals surface area (Å²) in [7, 11) is 0. The average Bonchev–Trinajstić information content (AvgIpc) is 3.46. The highest BCUT2D eigenvalue weighted by Gasteiger charge is 2.48. The molecule has 0 bridgehead atoms. The van der Waals surface area contributed by atoms with Crippen molar-refractivity contribution in [3.8, 4) is 11.5 Å². The quantitative estimate of drug-likeness (QED) is 0.721. The zero-order chi connectivity index (χ0) is 20.1. The maximum atomic E-state index is 12.5. The number of ether oxygens (including phenoxy) is 2. The van der Waals surface area contributed by atoms with E-state index < -0.39 is 0 Å². The van der Waals surface area contributed by atoms with E-state index in [1.807, 2.05) is 51.1 Å². The molecule has 28 heavy (non-hydrogen) atoms. The average molecular weight is 382 g/mol. The van der Waals surface area contributed by atoms with Crippen LogP contribution < -0.4 is 20.1 Å². The Bertz CT molecular complexity index is 833. The first kappa shape index (κ1) is 19.7. The summed E-state index contributed by atoms with van der Waals surface area (Å²) < 4.78 is 11.1. The second-order valence-electron chi connectivity index (χ2n) is 7.05. The molecule has 1 saturated carbocycles. The lowest BCUT2D eigenvalue weighted by Crippen LogP contribution is -2.20. The minimum absolute atomic E-state index is 0.0963. The number of para-hydroxylation sites is 2. The van der Waals surface area contributed by atoms with Gasteiger partial charge in [0.2, 0.25) is 11.8 Å². The van der Waals surface area contributed by atoms with Crippen molar-refractivity contribution in [3.05, 3.63) is 48.5 Å².